The van der Waals surface area contributed by atoms with Crippen molar-refractivity contribution in [1.29, 1.82) is 0 Å². The number of rotatable bonds is 3. The van der Waals surface area contributed by atoms with E-state index < -0.39 is 0 Å². The highest BCUT2D eigenvalue weighted by molar-refractivity contribution is 6.10. The largest absolute Gasteiger partial charge is 0.496 e. The van der Waals surface area contributed by atoms with Gasteiger partial charge >= 0.3 is 0 Å². The zero-order valence-corrected chi connectivity index (χ0v) is 13.1. The number of carbonyl (C=O) groups is 1. The van der Waals surface area contributed by atoms with Crippen LogP contribution in [0.5, 0.6) is 5.75 Å². The number of hydrogen-bond acceptors (Lipinski definition) is 3. The molecule has 0 atom stereocenters. The van der Waals surface area contributed by atoms with Gasteiger partial charge in [0.2, 0.25) is 0 Å². The second kappa shape index (κ2) is 5.74. The molecule has 0 fully saturated rings. The average molecular weight is 317 g/mol. The Morgan fingerprint density at radius 2 is 1.71 bits per heavy atom. The van der Waals surface area contributed by atoms with Crippen LogP contribution in [0.25, 0.3) is 21.7 Å². The predicted molar refractivity (Wildman–Crippen MR) is 94.7 cm³/mol. The van der Waals surface area contributed by atoms with E-state index in [1.54, 1.807) is 13.2 Å². The van der Waals surface area contributed by atoms with Crippen LogP contribution in [-0.2, 0) is 0 Å². The number of furan rings is 1. The molecule has 0 saturated carbocycles. The lowest BCUT2D eigenvalue weighted by Gasteiger charge is -2.10. The first-order chi connectivity index (χ1) is 11.8. The fourth-order valence-corrected chi connectivity index (χ4v) is 2.84. The van der Waals surface area contributed by atoms with E-state index in [2.05, 4.69) is 5.32 Å². The zero-order valence-electron chi connectivity index (χ0n) is 13.1. The molecular weight excluding hydrogens is 302 g/mol. The minimum Gasteiger partial charge on any atom is -0.496 e. The van der Waals surface area contributed by atoms with Crippen LogP contribution in [0.15, 0.2) is 71.1 Å². The van der Waals surface area contributed by atoms with E-state index in [1.807, 2.05) is 60.7 Å². The van der Waals surface area contributed by atoms with E-state index in [9.17, 15) is 4.79 Å². The number of fused-ring (bicyclic) bond motifs is 2. The van der Waals surface area contributed by atoms with E-state index in [4.69, 9.17) is 9.15 Å². The van der Waals surface area contributed by atoms with E-state index in [0.29, 0.717) is 5.58 Å². The van der Waals surface area contributed by atoms with Crippen molar-refractivity contribution in [3.63, 3.8) is 0 Å². The zero-order chi connectivity index (χ0) is 16.5. The third-order valence-corrected chi connectivity index (χ3v) is 4.00. The van der Waals surface area contributed by atoms with Gasteiger partial charge < -0.3 is 14.5 Å². The number of benzene rings is 3. The summed E-state index contributed by atoms with van der Waals surface area (Å²) in [6.07, 6.45) is 0. The van der Waals surface area contributed by atoms with Gasteiger partial charge in [0.25, 0.3) is 5.91 Å². The molecular formula is C20H15NO3. The Labute approximate surface area is 138 Å². The van der Waals surface area contributed by atoms with E-state index in [1.165, 1.54) is 0 Å². The Morgan fingerprint density at radius 1 is 0.958 bits per heavy atom. The van der Waals surface area contributed by atoms with Crippen molar-refractivity contribution in [2.24, 2.45) is 0 Å². The first-order valence-corrected chi connectivity index (χ1v) is 7.62. The maximum Gasteiger partial charge on any atom is 0.291 e. The molecule has 4 aromatic rings. The highest BCUT2D eigenvalue weighted by Gasteiger charge is 2.14. The van der Waals surface area contributed by atoms with E-state index in [-0.39, 0.29) is 11.7 Å². The number of methoxy groups -OCH3 is 1. The molecule has 4 heteroatoms. The van der Waals surface area contributed by atoms with Crippen molar-refractivity contribution in [2.75, 3.05) is 12.4 Å². The lowest BCUT2D eigenvalue weighted by atomic mass is 10.1. The van der Waals surface area contributed by atoms with Gasteiger partial charge in [-0.15, -0.1) is 0 Å². The Kier molecular flexibility index (Phi) is 3.43. The van der Waals surface area contributed by atoms with Gasteiger partial charge in [-0.25, -0.2) is 0 Å². The summed E-state index contributed by atoms with van der Waals surface area (Å²) in [6, 6.07) is 20.8. The Bertz CT molecular complexity index is 1020. The van der Waals surface area contributed by atoms with Gasteiger partial charge in [-0.1, -0.05) is 42.5 Å². The monoisotopic (exact) mass is 317 g/mol. The third-order valence-electron chi connectivity index (χ3n) is 4.00. The Balaban J connectivity index is 1.72. The predicted octanol–water partition coefficient (Wildman–Crippen LogP) is 4.85. The summed E-state index contributed by atoms with van der Waals surface area (Å²) in [4.78, 5) is 12.5. The van der Waals surface area contributed by atoms with Crippen molar-refractivity contribution < 1.29 is 13.9 Å². The molecule has 1 aromatic heterocycles. The fraction of sp³-hybridized carbons (Fsp3) is 0.0500. The summed E-state index contributed by atoms with van der Waals surface area (Å²) in [5.74, 6) is 0.782. The summed E-state index contributed by atoms with van der Waals surface area (Å²) in [6.45, 7) is 0. The van der Waals surface area contributed by atoms with Crippen LogP contribution in [0.2, 0.25) is 0 Å². The van der Waals surface area contributed by atoms with Gasteiger partial charge in [0.15, 0.2) is 5.76 Å². The van der Waals surface area contributed by atoms with Gasteiger partial charge in [-0.3, -0.25) is 4.79 Å². The van der Waals surface area contributed by atoms with Crippen LogP contribution in [0, 0.1) is 0 Å². The molecule has 0 aliphatic rings. The Hall–Kier alpha value is -3.27. The van der Waals surface area contributed by atoms with Gasteiger partial charge in [-0.2, -0.15) is 0 Å². The Morgan fingerprint density at radius 3 is 2.50 bits per heavy atom. The quantitative estimate of drug-likeness (QED) is 0.588. The van der Waals surface area contributed by atoms with E-state index in [0.717, 1.165) is 27.6 Å². The van der Waals surface area contributed by atoms with Gasteiger partial charge in [0.05, 0.1) is 7.11 Å². The summed E-state index contributed by atoms with van der Waals surface area (Å²) < 4.78 is 11.0. The molecule has 0 radical (unpaired) electrons. The molecule has 24 heavy (non-hydrogen) atoms. The first-order valence-electron chi connectivity index (χ1n) is 7.62. The number of para-hydroxylation sites is 1. The van der Waals surface area contributed by atoms with Gasteiger partial charge in [0.1, 0.15) is 11.3 Å². The molecule has 0 aliphatic carbocycles. The molecule has 0 aliphatic heterocycles. The second-order valence-electron chi connectivity index (χ2n) is 5.46. The van der Waals surface area contributed by atoms with Gasteiger partial charge in [0, 0.05) is 21.8 Å². The first kappa shape index (κ1) is 14.3. The number of nitrogens with one attached hydrogen (secondary N) is 1. The minimum atomic E-state index is -0.276. The SMILES string of the molecule is COc1ccc(NC(=O)c2cc3ccccc3o2)c2ccccc12. The highest BCUT2D eigenvalue weighted by atomic mass is 16.5. The molecule has 0 unspecified atom stereocenters. The van der Waals surface area contributed by atoms with Crippen LogP contribution in [-0.4, -0.2) is 13.0 Å². The molecule has 118 valence electrons. The summed E-state index contributed by atoms with van der Waals surface area (Å²) >= 11 is 0. The molecule has 1 heterocycles. The lowest BCUT2D eigenvalue weighted by Crippen LogP contribution is -2.11. The molecule has 0 spiro atoms. The van der Waals surface area contributed by atoms with Crippen LogP contribution in [0.4, 0.5) is 5.69 Å². The number of amides is 1. The topological polar surface area (TPSA) is 51.5 Å². The number of anilines is 1. The normalized spacial score (nSPS) is 10.9. The average Bonchev–Trinajstić information content (AvgIpc) is 3.06. The molecule has 4 nitrogen and oxygen atoms in total. The fourth-order valence-electron chi connectivity index (χ4n) is 2.84. The number of ether oxygens (including phenoxy) is 1. The summed E-state index contributed by atoms with van der Waals surface area (Å²) in [5, 5.41) is 5.69. The van der Waals surface area contributed by atoms with Crippen molar-refractivity contribution in [2.45, 2.75) is 0 Å². The minimum absolute atomic E-state index is 0.276. The number of hydrogen-bond donors (Lipinski definition) is 1. The molecule has 0 bridgehead atoms. The van der Waals surface area contributed by atoms with Crippen molar-refractivity contribution in [1.82, 2.24) is 0 Å². The summed E-state index contributed by atoms with van der Waals surface area (Å²) in [7, 11) is 1.63. The van der Waals surface area contributed by atoms with Crippen LogP contribution >= 0.6 is 0 Å². The van der Waals surface area contributed by atoms with Gasteiger partial charge in [-0.05, 0) is 24.3 Å². The maximum atomic E-state index is 12.5. The third kappa shape index (κ3) is 2.38. The molecule has 0 saturated heterocycles. The van der Waals surface area contributed by atoms with Crippen LogP contribution < -0.4 is 10.1 Å². The van der Waals surface area contributed by atoms with Crippen molar-refractivity contribution in [3.05, 3.63) is 72.5 Å². The molecule has 1 amide bonds. The van der Waals surface area contributed by atoms with Crippen molar-refractivity contribution in [3.8, 4) is 5.75 Å². The summed E-state index contributed by atoms with van der Waals surface area (Å²) in [5.41, 5.74) is 1.42. The second-order valence-corrected chi connectivity index (χ2v) is 5.46. The molecule has 3 aromatic carbocycles. The molecule has 4 rings (SSSR count). The lowest BCUT2D eigenvalue weighted by molar-refractivity contribution is 0.0999. The molecule has 1 N–H and O–H groups in total. The highest BCUT2D eigenvalue weighted by Crippen LogP contribution is 2.31. The van der Waals surface area contributed by atoms with Crippen LogP contribution in [0.3, 0.4) is 0 Å². The van der Waals surface area contributed by atoms with E-state index >= 15 is 0 Å². The number of carbonyl (C=O) groups excluding carboxylic acids is 1. The smallest absolute Gasteiger partial charge is 0.291 e. The van der Waals surface area contributed by atoms with Crippen molar-refractivity contribution >= 4 is 33.3 Å². The van der Waals surface area contributed by atoms with Crippen LogP contribution in [0.1, 0.15) is 10.6 Å². The maximum absolute atomic E-state index is 12.5. The standard InChI is InChI=1S/C20H15NO3/c1-23-18-11-10-16(14-7-3-4-8-15(14)18)21-20(22)19-12-13-6-2-5-9-17(13)24-19/h2-12H,1H3,(H,21,22).